The summed E-state index contributed by atoms with van der Waals surface area (Å²) in [6, 6.07) is 0. The predicted octanol–water partition coefficient (Wildman–Crippen LogP) is 1.67. The second-order valence-corrected chi connectivity index (χ2v) is 4.31. The lowest BCUT2D eigenvalue weighted by Gasteiger charge is -1.94. The Morgan fingerprint density at radius 2 is 2.06 bits per heavy atom. The minimum absolute atomic E-state index is 0.0502. The Kier molecular flexibility index (Phi) is 3.14. The van der Waals surface area contributed by atoms with E-state index in [0.29, 0.717) is 5.56 Å². The van der Waals surface area contributed by atoms with Gasteiger partial charge in [-0.2, -0.15) is 10.2 Å². The highest BCUT2D eigenvalue weighted by Crippen LogP contribution is 2.14. The maximum Gasteiger partial charge on any atom is 0.189 e. The van der Waals surface area contributed by atoms with Gasteiger partial charge in [0.2, 0.25) is 0 Å². The highest BCUT2D eigenvalue weighted by atomic mass is 16.1. The highest BCUT2D eigenvalue weighted by Gasteiger charge is 2.08. The molecule has 18 heavy (non-hydrogen) atoms. The van der Waals surface area contributed by atoms with Crippen LogP contribution in [0.4, 0.5) is 0 Å². The first-order valence-electron chi connectivity index (χ1n) is 5.70. The third-order valence-electron chi connectivity index (χ3n) is 2.96. The first kappa shape index (κ1) is 12.3. The van der Waals surface area contributed by atoms with Crippen molar-refractivity contribution in [3.8, 4) is 0 Å². The van der Waals surface area contributed by atoms with Gasteiger partial charge in [0, 0.05) is 31.5 Å². The Morgan fingerprint density at radius 3 is 2.56 bits per heavy atom. The van der Waals surface area contributed by atoms with Crippen molar-refractivity contribution < 1.29 is 4.79 Å². The van der Waals surface area contributed by atoms with Gasteiger partial charge in [-0.25, -0.2) is 0 Å². The van der Waals surface area contributed by atoms with Gasteiger partial charge in [-0.05, 0) is 26.0 Å². The summed E-state index contributed by atoms with van der Waals surface area (Å²) >= 11 is 0. The standard InChI is InChI=1S/C13H16N4O/c1-9-12(10(2)17(4)15-9)5-6-13(18)11-7-14-16(3)8-11/h5-8H,1-4H3. The molecule has 5 nitrogen and oxygen atoms in total. The van der Waals surface area contributed by atoms with Crippen molar-refractivity contribution in [1.29, 1.82) is 0 Å². The molecule has 0 saturated carbocycles. The van der Waals surface area contributed by atoms with Crippen LogP contribution < -0.4 is 0 Å². The largest absolute Gasteiger partial charge is 0.289 e. The summed E-state index contributed by atoms with van der Waals surface area (Å²) < 4.78 is 3.42. The summed E-state index contributed by atoms with van der Waals surface area (Å²) in [7, 11) is 3.68. The Balaban J connectivity index is 2.23. The molecule has 0 atom stereocenters. The van der Waals surface area contributed by atoms with Crippen LogP contribution >= 0.6 is 0 Å². The van der Waals surface area contributed by atoms with E-state index in [1.165, 1.54) is 0 Å². The van der Waals surface area contributed by atoms with Crippen LogP contribution in [0.25, 0.3) is 6.08 Å². The maximum absolute atomic E-state index is 11.9. The fourth-order valence-electron chi connectivity index (χ4n) is 1.83. The van der Waals surface area contributed by atoms with E-state index in [1.54, 1.807) is 30.2 Å². The number of nitrogens with zero attached hydrogens (tertiary/aromatic N) is 4. The number of aromatic nitrogens is 4. The van der Waals surface area contributed by atoms with E-state index in [-0.39, 0.29) is 5.78 Å². The number of ketones is 1. The van der Waals surface area contributed by atoms with E-state index in [0.717, 1.165) is 17.0 Å². The quantitative estimate of drug-likeness (QED) is 0.609. The normalized spacial score (nSPS) is 11.3. The second-order valence-electron chi connectivity index (χ2n) is 4.31. The summed E-state index contributed by atoms with van der Waals surface area (Å²) in [4.78, 5) is 11.9. The van der Waals surface area contributed by atoms with Gasteiger partial charge >= 0.3 is 0 Å². The lowest BCUT2D eigenvalue weighted by Crippen LogP contribution is -1.93. The van der Waals surface area contributed by atoms with E-state index in [1.807, 2.05) is 31.7 Å². The zero-order valence-corrected chi connectivity index (χ0v) is 11.0. The SMILES string of the molecule is Cc1nn(C)c(C)c1C=CC(=O)c1cnn(C)c1. The van der Waals surface area contributed by atoms with E-state index in [9.17, 15) is 4.79 Å². The molecule has 2 aromatic heterocycles. The number of hydrogen-bond donors (Lipinski definition) is 0. The summed E-state index contributed by atoms with van der Waals surface area (Å²) in [5, 5.41) is 8.28. The molecule has 0 saturated heterocycles. The number of rotatable bonds is 3. The first-order chi connectivity index (χ1) is 8.49. The molecular weight excluding hydrogens is 228 g/mol. The molecule has 0 bridgehead atoms. The van der Waals surface area contributed by atoms with Crippen LogP contribution in [0.2, 0.25) is 0 Å². The van der Waals surface area contributed by atoms with Gasteiger partial charge in [-0.3, -0.25) is 14.2 Å². The zero-order chi connectivity index (χ0) is 13.3. The molecule has 0 radical (unpaired) electrons. The third kappa shape index (κ3) is 2.25. The maximum atomic E-state index is 11.9. The van der Waals surface area contributed by atoms with Crippen LogP contribution in [0.15, 0.2) is 18.5 Å². The molecule has 2 heterocycles. The highest BCUT2D eigenvalue weighted by molar-refractivity contribution is 6.06. The molecule has 0 N–H and O–H groups in total. The molecular formula is C13H16N4O. The van der Waals surface area contributed by atoms with Crippen LogP contribution in [-0.2, 0) is 14.1 Å². The Bertz CT molecular complexity index is 619. The first-order valence-corrected chi connectivity index (χ1v) is 5.70. The average Bonchev–Trinajstić information content (AvgIpc) is 2.83. The molecule has 0 aliphatic rings. The Morgan fingerprint density at radius 1 is 1.33 bits per heavy atom. The van der Waals surface area contributed by atoms with E-state index >= 15 is 0 Å². The minimum atomic E-state index is -0.0502. The van der Waals surface area contributed by atoms with Gasteiger partial charge in [0.25, 0.3) is 0 Å². The van der Waals surface area contributed by atoms with Gasteiger partial charge in [-0.15, -0.1) is 0 Å². The molecule has 5 heteroatoms. The molecule has 0 amide bonds. The summed E-state index contributed by atoms with van der Waals surface area (Å²) in [6.45, 7) is 3.91. The van der Waals surface area contributed by atoms with Crippen molar-refractivity contribution in [3.63, 3.8) is 0 Å². The molecule has 0 aromatic carbocycles. The minimum Gasteiger partial charge on any atom is -0.289 e. The van der Waals surface area contributed by atoms with Gasteiger partial charge in [0.05, 0.1) is 17.5 Å². The van der Waals surface area contributed by atoms with E-state index < -0.39 is 0 Å². The molecule has 2 rings (SSSR count). The van der Waals surface area contributed by atoms with Gasteiger partial charge in [-0.1, -0.05) is 0 Å². The lowest BCUT2D eigenvalue weighted by atomic mass is 10.1. The average molecular weight is 244 g/mol. The van der Waals surface area contributed by atoms with Crippen molar-refractivity contribution in [2.24, 2.45) is 14.1 Å². The van der Waals surface area contributed by atoms with Gasteiger partial charge < -0.3 is 0 Å². The van der Waals surface area contributed by atoms with Crippen LogP contribution in [0, 0.1) is 13.8 Å². The Labute approximate surface area is 106 Å². The van der Waals surface area contributed by atoms with Crippen LogP contribution in [0.3, 0.4) is 0 Å². The monoisotopic (exact) mass is 244 g/mol. The predicted molar refractivity (Wildman–Crippen MR) is 69.3 cm³/mol. The lowest BCUT2D eigenvalue weighted by molar-refractivity contribution is 0.104. The summed E-state index contributed by atoms with van der Waals surface area (Å²) in [6.07, 6.45) is 6.65. The molecule has 0 unspecified atom stereocenters. The van der Waals surface area contributed by atoms with Crippen LogP contribution in [0.5, 0.6) is 0 Å². The molecule has 0 aliphatic carbocycles. The van der Waals surface area contributed by atoms with Crippen molar-refractivity contribution >= 4 is 11.9 Å². The van der Waals surface area contributed by atoms with Crippen LogP contribution in [-0.4, -0.2) is 25.3 Å². The topological polar surface area (TPSA) is 52.7 Å². The summed E-state index contributed by atoms with van der Waals surface area (Å²) in [5.41, 5.74) is 3.55. The third-order valence-corrected chi connectivity index (χ3v) is 2.96. The molecule has 94 valence electrons. The van der Waals surface area contributed by atoms with E-state index in [2.05, 4.69) is 10.2 Å². The van der Waals surface area contributed by atoms with E-state index in [4.69, 9.17) is 0 Å². The van der Waals surface area contributed by atoms with Gasteiger partial charge in [0.15, 0.2) is 5.78 Å². The van der Waals surface area contributed by atoms with Crippen molar-refractivity contribution in [3.05, 3.63) is 41.0 Å². The molecule has 0 aliphatic heterocycles. The van der Waals surface area contributed by atoms with Gasteiger partial charge in [0.1, 0.15) is 0 Å². The zero-order valence-electron chi connectivity index (χ0n) is 11.0. The fraction of sp³-hybridized carbons (Fsp3) is 0.308. The fourth-order valence-corrected chi connectivity index (χ4v) is 1.83. The van der Waals surface area contributed by atoms with Crippen LogP contribution in [0.1, 0.15) is 27.3 Å². The number of aryl methyl sites for hydroxylation is 3. The van der Waals surface area contributed by atoms with Crippen molar-refractivity contribution in [1.82, 2.24) is 19.6 Å². The second kappa shape index (κ2) is 4.60. The summed E-state index contributed by atoms with van der Waals surface area (Å²) in [5.74, 6) is -0.0502. The molecule has 0 fully saturated rings. The number of carbonyl (C=O) groups excluding carboxylic acids is 1. The number of carbonyl (C=O) groups is 1. The van der Waals surface area contributed by atoms with Crippen molar-refractivity contribution in [2.45, 2.75) is 13.8 Å². The van der Waals surface area contributed by atoms with Crippen molar-refractivity contribution in [2.75, 3.05) is 0 Å². The smallest absolute Gasteiger partial charge is 0.189 e. The number of allylic oxidation sites excluding steroid dienone is 1. The molecule has 0 spiro atoms. The molecule has 2 aromatic rings. The number of hydrogen-bond acceptors (Lipinski definition) is 3. The Hall–Kier alpha value is -2.17.